The smallest absolute Gasteiger partial charge is 0.259 e. The highest BCUT2D eigenvalue weighted by Gasteiger charge is 2.19. The van der Waals surface area contributed by atoms with Gasteiger partial charge in [-0.1, -0.05) is 11.6 Å². The lowest BCUT2D eigenvalue weighted by Gasteiger charge is -2.34. The zero-order valence-electron chi connectivity index (χ0n) is 14.3. The van der Waals surface area contributed by atoms with Gasteiger partial charge in [-0.3, -0.25) is 4.79 Å². The molecule has 0 atom stereocenters. The Bertz CT molecular complexity index is 1010. The van der Waals surface area contributed by atoms with Crippen molar-refractivity contribution in [1.29, 1.82) is 0 Å². The van der Waals surface area contributed by atoms with Gasteiger partial charge in [0.15, 0.2) is 0 Å². The fraction of sp³-hybridized carbons (Fsp3) is 0.263. The number of benzene rings is 2. The van der Waals surface area contributed by atoms with Gasteiger partial charge in [0.1, 0.15) is 11.6 Å². The minimum absolute atomic E-state index is 0.282. The van der Waals surface area contributed by atoms with E-state index in [0.29, 0.717) is 27.4 Å². The molecular weight excluding hydrogens is 355 g/mol. The Kier molecular flexibility index (Phi) is 4.38. The molecule has 3 aromatic rings. The molecule has 1 aliphatic rings. The number of H-pyrrole nitrogens is 1. The molecule has 0 radical (unpaired) electrons. The van der Waals surface area contributed by atoms with Gasteiger partial charge in [0.25, 0.3) is 5.56 Å². The molecule has 1 aromatic heterocycles. The van der Waals surface area contributed by atoms with Crippen molar-refractivity contribution in [2.75, 3.05) is 38.1 Å². The summed E-state index contributed by atoms with van der Waals surface area (Å²) >= 11 is 5.90. The number of nitrogens with zero attached hydrogens (tertiary/aromatic N) is 3. The molecule has 1 N–H and O–H groups in total. The Morgan fingerprint density at radius 3 is 2.50 bits per heavy atom. The average Bonchev–Trinajstić information content (AvgIpc) is 2.62. The van der Waals surface area contributed by atoms with Crippen LogP contribution in [-0.4, -0.2) is 48.1 Å². The van der Waals surface area contributed by atoms with Gasteiger partial charge in [-0.25, -0.2) is 9.37 Å². The highest BCUT2D eigenvalue weighted by Crippen LogP contribution is 2.26. The summed E-state index contributed by atoms with van der Waals surface area (Å²) in [6.07, 6.45) is 0. The fourth-order valence-corrected chi connectivity index (χ4v) is 3.31. The van der Waals surface area contributed by atoms with Crippen LogP contribution < -0.4 is 10.5 Å². The summed E-state index contributed by atoms with van der Waals surface area (Å²) in [7, 11) is 2.04. The molecule has 2 heterocycles. The maximum Gasteiger partial charge on any atom is 0.259 e. The number of fused-ring (bicyclic) bond motifs is 1. The number of aromatic nitrogens is 2. The highest BCUT2D eigenvalue weighted by atomic mass is 35.5. The van der Waals surface area contributed by atoms with Crippen LogP contribution in [-0.2, 0) is 0 Å². The molecule has 5 nitrogen and oxygen atoms in total. The lowest BCUT2D eigenvalue weighted by molar-refractivity contribution is 0.312. The third-order valence-corrected chi connectivity index (χ3v) is 4.99. The molecule has 26 heavy (non-hydrogen) atoms. The maximum atomic E-state index is 14.7. The zero-order valence-corrected chi connectivity index (χ0v) is 15.1. The SMILES string of the molecule is CN1CCN(c2cc3c(=O)[nH]c(-c4ccc(Cl)cc4)nc3cc2F)CC1. The third kappa shape index (κ3) is 3.18. The largest absolute Gasteiger partial charge is 0.367 e. The van der Waals surface area contributed by atoms with Gasteiger partial charge in [0, 0.05) is 42.8 Å². The molecule has 4 rings (SSSR count). The number of hydrogen-bond donors (Lipinski definition) is 1. The van der Waals surface area contributed by atoms with Crippen molar-refractivity contribution >= 4 is 28.2 Å². The lowest BCUT2D eigenvalue weighted by Crippen LogP contribution is -2.44. The van der Waals surface area contributed by atoms with Crippen molar-refractivity contribution < 1.29 is 4.39 Å². The number of likely N-dealkylation sites (N-methyl/N-ethyl adjacent to an activating group) is 1. The number of piperazine rings is 1. The van der Waals surface area contributed by atoms with E-state index in [0.717, 1.165) is 31.7 Å². The van der Waals surface area contributed by atoms with Gasteiger partial charge in [-0.15, -0.1) is 0 Å². The second-order valence-electron chi connectivity index (χ2n) is 6.53. The van der Waals surface area contributed by atoms with Crippen LogP contribution in [0.1, 0.15) is 0 Å². The van der Waals surface area contributed by atoms with Crippen LogP contribution in [0, 0.1) is 5.82 Å². The molecular formula is C19H18ClFN4O. The van der Waals surface area contributed by atoms with Crippen LogP contribution in [0.2, 0.25) is 5.02 Å². The Labute approximate surface area is 155 Å². The van der Waals surface area contributed by atoms with Crippen molar-refractivity contribution in [2.24, 2.45) is 0 Å². The number of halogens is 2. The molecule has 0 bridgehead atoms. The zero-order chi connectivity index (χ0) is 18.3. The van der Waals surface area contributed by atoms with Gasteiger partial charge in [0.2, 0.25) is 0 Å². The van der Waals surface area contributed by atoms with E-state index in [2.05, 4.69) is 14.9 Å². The van der Waals surface area contributed by atoms with E-state index in [-0.39, 0.29) is 11.4 Å². The summed E-state index contributed by atoms with van der Waals surface area (Å²) in [5.41, 5.74) is 1.23. The van der Waals surface area contributed by atoms with E-state index in [1.165, 1.54) is 6.07 Å². The second-order valence-corrected chi connectivity index (χ2v) is 6.97. The van der Waals surface area contributed by atoms with Crippen LogP contribution in [0.25, 0.3) is 22.3 Å². The van der Waals surface area contributed by atoms with Crippen LogP contribution in [0.5, 0.6) is 0 Å². The van der Waals surface area contributed by atoms with E-state index < -0.39 is 0 Å². The molecule has 134 valence electrons. The van der Waals surface area contributed by atoms with Gasteiger partial charge in [-0.05, 0) is 37.4 Å². The first kappa shape index (κ1) is 17.0. The number of nitrogens with one attached hydrogen (secondary N) is 1. The first-order chi connectivity index (χ1) is 12.5. The van der Waals surface area contributed by atoms with Crippen LogP contribution in [0.3, 0.4) is 0 Å². The first-order valence-corrected chi connectivity index (χ1v) is 8.82. The minimum Gasteiger partial charge on any atom is -0.367 e. The number of hydrogen-bond acceptors (Lipinski definition) is 4. The van der Waals surface area contributed by atoms with E-state index in [1.54, 1.807) is 30.3 Å². The average molecular weight is 373 g/mol. The first-order valence-electron chi connectivity index (χ1n) is 8.44. The standard InChI is InChI=1S/C19H18ClFN4O/c1-24-6-8-25(9-7-24)17-10-14-16(11-15(17)21)22-18(23-19(14)26)12-2-4-13(20)5-3-12/h2-5,10-11H,6-9H2,1H3,(H,22,23,26). The Balaban J connectivity index is 1.77. The monoisotopic (exact) mass is 372 g/mol. The van der Waals surface area contributed by atoms with Crippen LogP contribution in [0.4, 0.5) is 10.1 Å². The topological polar surface area (TPSA) is 52.2 Å². The maximum absolute atomic E-state index is 14.7. The molecule has 1 saturated heterocycles. The summed E-state index contributed by atoms with van der Waals surface area (Å²) in [6.45, 7) is 3.18. The molecule has 1 fully saturated rings. The molecule has 1 aliphatic heterocycles. The predicted molar refractivity (Wildman–Crippen MR) is 102 cm³/mol. The Morgan fingerprint density at radius 2 is 1.81 bits per heavy atom. The third-order valence-electron chi connectivity index (χ3n) is 4.74. The van der Waals surface area contributed by atoms with Crippen molar-refractivity contribution in [3.05, 3.63) is 57.6 Å². The molecule has 0 unspecified atom stereocenters. The summed E-state index contributed by atoms with van der Waals surface area (Å²) < 4.78 is 14.7. The van der Waals surface area contributed by atoms with Gasteiger partial charge < -0.3 is 14.8 Å². The Hall–Kier alpha value is -2.44. The van der Waals surface area contributed by atoms with E-state index in [9.17, 15) is 9.18 Å². The predicted octanol–water partition coefficient (Wildman–Crippen LogP) is 3.13. The second kappa shape index (κ2) is 6.70. The number of rotatable bonds is 2. The van der Waals surface area contributed by atoms with Crippen molar-refractivity contribution in [1.82, 2.24) is 14.9 Å². The summed E-state index contributed by atoms with van der Waals surface area (Å²) in [5.74, 6) is 0.0353. The fourth-order valence-electron chi connectivity index (χ4n) is 3.18. The number of aromatic amines is 1. The van der Waals surface area contributed by atoms with E-state index in [1.807, 2.05) is 11.9 Å². The van der Waals surface area contributed by atoms with Gasteiger partial charge in [0.05, 0.1) is 16.6 Å². The summed E-state index contributed by atoms with van der Waals surface area (Å²) in [4.78, 5) is 24.0. The molecule has 2 aromatic carbocycles. The molecule has 0 spiro atoms. The molecule has 0 amide bonds. The van der Waals surface area contributed by atoms with Crippen LogP contribution >= 0.6 is 11.6 Å². The lowest BCUT2D eigenvalue weighted by atomic mass is 10.1. The summed E-state index contributed by atoms with van der Waals surface area (Å²) in [6, 6.07) is 9.92. The quantitative estimate of drug-likeness (QED) is 0.751. The summed E-state index contributed by atoms with van der Waals surface area (Å²) in [5, 5.41) is 0.984. The van der Waals surface area contributed by atoms with E-state index in [4.69, 9.17) is 11.6 Å². The molecule has 0 saturated carbocycles. The van der Waals surface area contributed by atoms with Gasteiger partial charge >= 0.3 is 0 Å². The van der Waals surface area contributed by atoms with Crippen molar-refractivity contribution in [3.63, 3.8) is 0 Å². The van der Waals surface area contributed by atoms with Crippen LogP contribution in [0.15, 0.2) is 41.2 Å². The molecule has 0 aliphatic carbocycles. The molecule has 7 heteroatoms. The van der Waals surface area contributed by atoms with Crippen molar-refractivity contribution in [3.8, 4) is 11.4 Å². The van der Waals surface area contributed by atoms with Gasteiger partial charge in [-0.2, -0.15) is 0 Å². The minimum atomic E-state index is -0.359. The highest BCUT2D eigenvalue weighted by molar-refractivity contribution is 6.30. The normalized spacial score (nSPS) is 15.6. The van der Waals surface area contributed by atoms with Crippen molar-refractivity contribution in [2.45, 2.75) is 0 Å². The Morgan fingerprint density at radius 1 is 1.12 bits per heavy atom. The van der Waals surface area contributed by atoms with E-state index >= 15 is 0 Å². The number of anilines is 1.